The van der Waals surface area contributed by atoms with Crippen LogP contribution in [-0.2, 0) is 4.79 Å². The minimum Gasteiger partial charge on any atom is -0.497 e. The van der Waals surface area contributed by atoms with Crippen molar-refractivity contribution in [1.82, 2.24) is 4.90 Å². The fraction of sp³-hybridized carbons (Fsp3) is 0.350. The second-order valence-electron chi connectivity index (χ2n) is 5.98. The maximum Gasteiger partial charge on any atom is 0.226 e. The predicted octanol–water partition coefficient (Wildman–Crippen LogP) is 2.81. The molecule has 0 radical (unpaired) electrons. The lowest BCUT2D eigenvalue weighted by Crippen LogP contribution is -2.49. The molecule has 2 aromatic carbocycles. The summed E-state index contributed by atoms with van der Waals surface area (Å²) >= 11 is 0. The first kappa shape index (κ1) is 17.1. The second-order valence-corrected chi connectivity index (χ2v) is 5.98. The number of hydrogen-bond donors (Lipinski definition) is 0. The Hall–Kier alpha value is -2.69. The van der Waals surface area contributed by atoms with Crippen molar-refractivity contribution in [2.45, 2.75) is 6.42 Å². The van der Waals surface area contributed by atoms with E-state index in [0.717, 1.165) is 37.7 Å². The van der Waals surface area contributed by atoms with Crippen LogP contribution in [0.15, 0.2) is 54.6 Å². The van der Waals surface area contributed by atoms with Crippen molar-refractivity contribution in [3.63, 3.8) is 0 Å². The Morgan fingerprint density at radius 2 is 1.60 bits per heavy atom. The van der Waals surface area contributed by atoms with Gasteiger partial charge in [0, 0.05) is 31.9 Å². The Kier molecular flexibility index (Phi) is 5.77. The van der Waals surface area contributed by atoms with Crippen molar-refractivity contribution in [1.29, 1.82) is 0 Å². The standard InChI is InChI=1S/C20H24N2O3/c1-24-18-9-7-17(8-10-18)21-12-14-22(15-13-21)20(23)11-16-25-19-5-3-2-4-6-19/h2-10H,11-16H2,1H3. The van der Waals surface area contributed by atoms with Crippen molar-refractivity contribution in [3.8, 4) is 11.5 Å². The molecule has 0 unspecified atom stereocenters. The zero-order valence-electron chi connectivity index (χ0n) is 14.6. The van der Waals surface area contributed by atoms with Crippen LogP contribution in [0.25, 0.3) is 0 Å². The van der Waals surface area contributed by atoms with E-state index >= 15 is 0 Å². The number of anilines is 1. The molecule has 2 aromatic rings. The van der Waals surface area contributed by atoms with Crippen LogP contribution in [0.1, 0.15) is 6.42 Å². The molecule has 0 saturated carbocycles. The fourth-order valence-electron chi connectivity index (χ4n) is 2.94. The number of para-hydroxylation sites is 1. The highest BCUT2D eigenvalue weighted by molar-refractivity contribution is 5.76. The third kappa shape index (κ3) is 4.66. The lowest BCUT2D eigenvalue weighted by Gasteiger charge is -2.36. The lowest BCUT2D eigenvalue weighted by atomic mass is 10.2. The molecule has 1 amide bonds. The summed E-state index contributed by atoms with van der Waals surface area (Å²) in [5.74, 6) is 1.82. The number of carbonyl (C=O) groups excluding carboxylic acids is 1. The van der Waals surface area contributed by atoms with Gasteiger partial charge in [-0.3, -0.25) is 4.79 Å². The van der Waals surface area contributed by atoms with Crippen molar-refractivity contribution < 1.29 is 14.3 Å². The molecular weight excluding hydrogens is 316 g/mol. The summed E-state index contributed by atoms with van der Waals surface area (Å²) in [6, 6.07) is 17.6. The number of piperazine rings is 1. The topological polar surface area (TPSA) is 42.0 Å². The van der Waals surface area contributed by atoms with Crippen LogP contribution >= 0.6 is 0 Å². The van der Waals surface area contributed by atoms with Crippen LogP contribution < -0.4 is 14.4 Å². The van der Waals surface area contributed by atoms with Gasteiger partial charge in [0.1, 0.15) is 11.5 Å². The van der Waals surface area contributed by atoms with Crippen LogP contribution in [0, 0.1) is 0 Å². The number of methoxy groups -OCH3 is 1. The molecule has 1 heterocycles. The summed E-state index contributed by atoms with van der Waals surface area (Å²) in [5, 5.41) is 0. The maximum absolute atomic E-state index is 12.3. The van der Waals surface area contributed by atoms with Crippen LogP contribution in [0.3, 0.4) is 0 Å². The normalized spacial score (nSPS) is 14.3. The fourth-order valence-corrected chi connectivity index (χ4v) is 2.94. The third-order valence-corrected chi connectivity index (χ3v) is 4.40. The maximum atomic E-state index is 12.3. The van der Waals surface area contributed by atoms with E-state index in [9.17, 15) is 4.79 Å². The van der Waals surface area contributed by atoms with E-state index in [0.29, 0.717) is 13.0 Å². The molecule has 0 spiro atoms. The minimum absolute atomic E-state index is 0.158. The van der Waals surface area contributed by atoms with Crippen molar-refractivity contribution >= 4 is 11.6 Å². The van der Waals surface area contributed by atoms with Gasteiger partial charge in [0.05, 0.1) is 20.1 Å². The molecule has 25 heavy (non-hydrogen) atoms. The molecule has 5 nitrogen and oxygen atoms in total. The Morgan fingerprint density at radius 3 is 2.24 bits per heavy atom. The van der Waals surface area contributed by atoms with E-state index in [1.54, 1.807) is 7.11 Å². The molecule has 0 aliphatic carbocycles. The first-order valence-electron chi connectivity index (χ1n) is 8.61. The summed E-state index contributed by atoms with van der Waals surface area (Å²) in [6.45, 7) is 3.60. The van der Waals surface area contributed by atoms with Gasteiger partial charge in [0.2, 0.25) is 5.91 Å². The Bertz CT molecular complexity index is 665. The van der Waals surface area contributed by atoms with Crippen molar-refractivity contribution in [3.05, 3.63) is 54.6 Å². The molecule has 132 valence electrons. The summed E-state index contributed by atoms with van der Waals surface area (Å²) in [7, 11) is 1.67. The smallest absolute Gasteiger partial charge is 0.226 e. The summed E-state index contributed by atoms with van der Waals surface area (Å²) in [6.07, 6.45) is 0.414. The zero-order chi connectivity index (χ0) is 17.5. The van der Waals surface area contributed by atoms with Gasteiger partial charge in [0.25, 0.3) is 0 Å². The van der Waals surface area contributed by atoms with Gasteiger partial charge < -0.3 is 19.3 Å². The van der Waals surface area contributed by atoms with E-state index < -0.39 is 0 Å². The molecule has 1 aliphatic rings. The summed E-state index contributed by atoms with van der Waals surface area (Å²) in [5.41, 5.74) is 1.17. The van der Waals surface area contributed by atoms with Crippen molar-refractivity contribution in [2.24, 2.45) is 0 Å². The van der Waals surface area contributed by atoms with Crippen LogP contribution in [-0.4, -0.2) is 50.7 Å². The van der Waals surface area contributed by atoms with Crippen molar-refractivity contribution in [2.75, 3.05) is 44.8 Å². The lowest BCUT2D eigenvalue weighted by molar-refractivity contribution is -0.132. The molecule has 0 aromatic heterocycles. The highest BCUT2D eigenvalue weighted by Crippen LogP contribution is 2.20. The number of amides is 1. The van der Waals surface area contributed by atoms with Gasteiger partial charge in [-0.15, -0.1) is 0 Å². The van der Waals surface area contributed by atoms with Crippen LogP contribution in [0.4, 0.5) is 5.69 Å². The van der Waals surface area contributed by atoms with Crippen LogP contribution in [0.5, 0.6) is 11.5 Å². The SMILES string of the molecule is COc1ccc(N2CCN(C(=O)CCOc3ccccc3)CC2)cc1. The Labute approximate surface area is 148 Å². The molecule has 0 N–H and O–H groups in total. The zero-order valence-corrected chi connectivity index (χ0v) is 14.6. The largest absolute Gasteiger partial charge is 0.497 e. The van der Waals surface area contributed by atoms with Gasteiger partial charge in [-0.1, -0.05) is 18.2 Å². The van der Waals surface area contributed by atoms with Gasteiger partial charge in [-0.25, -0.2) is 0 Å². The average Bonchev–Trinajstić information content (AvgIpc) is 2.69. The van der Waals surface area contributed by atoms with E-state index in [2.05, 4.69) is 17.0 Å². The van der Waals surface area contributed by atoms with E-state index in [1.807, 2.05) is 47.4 Å². The van der Waals surface area contributed by atoms with Gasteiger partial charge in [-0.05, 0) is 36.4 Å². The van der Waals surface area contributed by atoms with Crippen LogP contribution in [0.2, 0.25) is 0 Å². The summed E-state index contributed by atoms with van der Waals surface area (Å²) < 4.78 is 10.8. The third-order valence-electron chi connectivity index (χ3n) is 4.40. The molecule has 1 aliphatic heterocycles. The molecule has 5 heteroatoms. The molecular formula is C20H24N2O3. The quantitative estimate of drug-likeness (QED) is 0.811. The number of nitrogens with zero attached hydrogens (tertiary/aromatic N) is 2. The van der Waals surface area contributed by atoms with E-state index in [4.69, 9.17) is 9.47 Å². The first-order valence-corrected chi connectivity index (χ1v) is 8.61. The second kappa shape index (κ2) is 8.42. The number of carbonyl (C=O) groups is 1. The Morgan fingerprint density at radius 1 is 0.920 bits per heavy atom. The molecule has 3 rings (SSSR count). The van der Waals surface area contributed by atoms with E-state index in [-0.39, 0.29) is 5.91 Å². The highest BCUT2D eigenvalue weighted by atomic mass is 16.5. The van der Waals surface area contributed by atoms with Gasteiger partial charge in [0.15, 0.2) is 0 Å². The number of ether oxygens (including phenoxy) is 2. The monoisotopic (exact) mass is 340 g/mol. The average molecular weight is 340 g/mol. The van der Waals surface area contributed by atoms with Gasteiger partial charge >= 0.3 is 0 Å². The number of hydrogen-bond acceptors (Lipinski definition) is 4. The highest BCUT2D eigenvalue weighted by Gasteiger charge is 2.21. The van der Waals surface area contributed by atoms with Gasteiger partial charge in [-0.2, -0.15) is 0 Å². The molecule has 0 bridgehead atoms. The summed E-state index contributed by atoms with van der Waals surface area (Å²) in [4.78, 5) is 16.5. The predicted molar refractivity (Wildman–Crippen MR) is 98.3 cm³/mol. The Balaban J connectivity index is 1.42. The number of benzene rings is 2. The molecule has 0 atom stereocenters. The molecule has 1 saturated heterocycles. The molecule has 1 fully saturated rings. The minimum atomic E-state index is 0.158. The first-order chi connectivity index (χ1) is 12.3. The number of rotatable bonds is 6. The van der Waals surface area contributed by atoms with E-state index in [1.165, 1.54) is 5.69 Å².